The summed E-state index contributed by atoms with van der Waals surface area (Å²) in [5.74, 6) is -0.518. The average molecular weight is 701 g/mol. The Bertz CT molecular complexity index is 1480. The van der Waals surface area contributed by atoms with Crippen molar-refractivity contribution in [2.24, 2.45) is 5.92 Å². The summed E-state index contributed by atoms with van der Waals surface area (Å²) < 4.78 is 11.6. The predicted octanol–water partition coefficient (Wildman–Crippen LogP) is 7.18. The fraction of sp³-hybridized carbons (Fsp3) is 0.486. The molecule has 3 aromatic carbocycles. The highest BCUT2D eigenvalue weighted by Gasteiger charge is 2.41. The van der Waals surface area contributed by atoms with Gasteiger partial charge in [-0.1, -0.05) is 108 Å². The summed E-state index contributed by atoms with van der Waals surface area (Å²) in [6.45, 7) is 8.07. The van der Waals surface area contributed by atoms with Crippen LogP contribution in [-0.4, -0.2) is 69.5 Å². The number of alkyl halides is 3. The summed E-state index contributed by atoms with van der Waals surface area (Å²) in [7, 11) is 0. The van der Waals surface area contributed by atoms with E-state index in [4.69, 9.17) is 44.3 Å². The Kier molecular flexibility index (Phi) is 11.5. The number of hydrogen-bond acceptors (Lipinski definition) is 6. The van der Waals surface area contributed by atoms with Crippen molar-refractivity contribution >= 4 is 40.7 Å². The molecule has 0 saturated carbocycles. The van der Waals surface area contributed by atoms with Crippen LogP contribution in [0.5, 0.6) is 0 Å². The summed E-state index contributed by atoms with van der Waals surface area (Å²) in [5, 5.41) is 12.3. The van der Waals surface area contributed by atoms with Gasteiger partial charge in [-0.3, -0.25) is 9.69 Å². The van der Waals surface area contributed by atoms with Crippen LogP contribution in [0.15, 0.2) is 72.8 Å². The molecule has 0 radical (unpaired) electrons. The van der Waals surface area contributed by atoms with Gasteiger partial charge in [-0.2, -0.15) is 0 Å². The zero-order valence-corrected chi connectivity index (χ0v) is 29.1. The van der Waals surface area contributed by atoms with Crippen molar-refractivity contribution in [2.75, 3.05) is 32.7 Å². The smallest absolute Gasteiger partial charge is 0.272 e. The zero-order chi connectivity index (χ0) is 33.0. The first-order valence-electron chi connectivity index (χ1n) is 16.7. The Morgan fingerprint density at radius 2 is 1.60 bits per heavy atom. The summed E-state index contributed by atoms with van der Waals surface area (Å²) in [6, 6.07) is 24.9. The quantitative estimate of drug-likeness (QED) is 0.218. The number of halogens is 3. The number of aliphatic hydroxyl groups excluding tert-OH is 1. The van der Waals surface area contributed by atoms with E-state index in [1.165, 1.54) is 38.8 Å². The second kappa shape index (κ2) is 15.6. The molecule has 3 fully saturated rings. The van der Waals surface area contributed by atoms with Crippen LogP contribution in [0.3, 0.4) is 0 Å². The number of rotatable bonds is 10. The Morgan fingerprint density at radius 3 is 2.30 bits per heavy atom. The van der Waals surface area contributed by atoms with E-state index in [1.807, 2.05) is 36.4 Å². The minimum absolute atomic E-state index is 0.00490. The molecule has 252 valence electrons. The van der Waals surface area contributed by atoms with Gasteiger partial charge in [0.15, 0.2) is 6.29 Å². The van der Waals surface area contributed by atoms with E-state index in [0.717, 1.165) is 53.0 Å². The van der Waals surface area contributed by atoms with Crippen molar-refractivity contribution in [3.63, 3.8) is 0 Å². The van der Waals surface area contributed by atoms with Gasteiger partial charge < -0.3 is 24.8 Å². The van der Waals surface area contributed by atoms with Crippen LogP contribution in [-0.2, 0) is 27.4 Å². The second-order valence-corrected chi connectivity index (χ2v) is 15.4. The maximum absolute atomic E-state index is 12.0. The lowest BCUT2D eigenvalue weighted by Crippen LogP contribution is -2.48. The van der Waals surface area contributed by atoms with Crippen LogP contribution in [0.2, 0.25) is 0 Å². The summed E-state index contributed by atoms with van der Waals surface area (Å²) >= 11 is 17.1. The maximum atomic E-state index is 12.0. The van der Waals surface area contributed by atoms with Gasteiger partial charge in [-0.25, -0.2) is 0 Å². The largest absolute Gasteiger partial charge is 0.392 e. The number of hydrogen-bond donors (Lipinski definition) is 2. The third-order valence-electron chi connectivity index (χ3n) is 9.86. The lowest BCUT2D eigenvalue weighted by atomic mass is 9.89. The van der Waals surface area contributed by atoms with Crippen LogP contribution >= 0.6 is 34.8 Å². The lowest BCUT2D eigenvalue weighted by molar-refractivity contribution is -0.276. The van der Waals surface area contributed by atoms with Gasteiger partial charge in [0.2, 0.25) is 0 Å². The molecule has 6 rings (SSSR count). The molecule has 2 N–H and O–H groups in total. The van der Waals surface area contributed by atoms with E-state index in [0.29, 0.717) is 6.04 Å². The van der Waals surface area contributed by atoms with E-state index >= 15 is 0 Å². The molecule has 3 aliphatic heterocycles. The molecule has 3 heterocycles. The van der Waals surface area contributed by atoms with E-state index in [1.54, 1.807) is 0 Å². The van der Waals surface area contributed by atoms with Crippen LogP contribution in [0.25, 0.3) is 11.1 Å². The molecule has 0 spiro atoms. The maximum Gasteiger partial charge on any atom is 0.272 e. The van der Waals surface area contributed by atoms with Gasteiger partial charge in [-0.05, 0) is 79.2 Å². The minimum Gasteiger partial charge on any atom is -0.392 e. The Hall–Kier alpha value is -2.20. The molecule has 0 unspecified atom stereocenters. The summed E-state index contributed by atoms with van der Waals surface area (Å²) in [4.78, 5) is 17.3. The van der Waals surface area contributed by atoms with Crippen LogP contribution < -0.4 is 5.32 Å². The predicted molar refractivity (Wildman–Crippen MR) is 187 cm³/mol. The molecule has 0 bridgehead atoms. The van der Waals surface area contributed by atoms with Crippen molar-refractivity contribution in [2.45, 2.75) is 74.1 Å². The number of amides is 1. The normalized spacial score (nSPS) is 25.7. The van der Waals surface area contributed by atoms with E-state index < -0.39 is 16.0 Å². The molecular formula is C37H44Cl3N3O4. The fourth-order valence-corrected chi connectivity index (χ4v) is 7.34. The van der Waals surface area contributed by atoms with E-state index in [-0.39, 0.29) is 31.3 Å². The second-order valence-electron chi connectivity index (χ2n) is 13.1. The third kappa shape index (κ3) is 8.70. The van der Waals surface area contributed by atoms with Crippen molar-refractivity contribution in [1.82, 2.24) is 15.1 Å². The standard InChI is InChI=1S/C37H44Cl3N3O4/c1-25-33(23-43-19-5-8-32(43)22-42-17-2-3-18-42)46-35(47-34(25)29-11-9-26(24-44)10-12-29)30-15-13-28(14-16-30)31-7-4-6-27(20-31)21-41-36(45)37(38,39)40/h4,6-7,9-16,20,25,32-35,44H,2-3,5,8,17-19,21-24H2,1H3,(H,41,45)/t25-,32+,33+,34+,35+/m1/s1. The molecule has 7 nitrogen and oxygen atoms in total. The number of carbonyl (C=O) groups excluding carboxylic acids is 1. The van der Waals surface area contributed by atoms with Gasteiger partial charge in [0.1, 0.15) is 0 Å². The first kappa shape index (κ1) is 34.7. The molecule has 1 amide bonds. The lowest BCUT2D eigenvalue weighted by Gasteiger charge is -2.43. The minimum atomic E-state index is -2.00. The number of benzene rings is 3. The van der Waals surface area contributed by atoms with Gasteiger partial charge in [0.25, 0.3) is 9.70 Å². The van der Waals surface area contributed by atoms with Gasteiger partial charge >= 0.3 is 0 Å². The average Bonchev–Trinajstić information content (AvgIpc) is 3.77. The zero-order valence-electron chi connectivity index (χ0n) is 26.8. The topological polar surface area (TPSA) is 74.3 Å². The highest BCUT2D eigenvalue weighted by Crippen LogP contribution is 2.42. The van der Waals surface area contributed by atoms with E-state index in [2.05, 4.69) is 58.4 Å². The molecule has 0 aliphatic carbocycles. The van der Waals surface area contributed by atoms with Gasteiger partial charge in [0.05, 0.1) is 18.8 Å². The van der Waals surface area contributed by atoms with Crippen molar-refractivity contribution in [3.8, 4) is 11.1 Å². The molecule has 10 heteroatoms. The molecule has 3 saturated heterocycles. The molecule has 5 atom stereocenters. The van der Waals surface area contributed by atoms with E-state index in [9.17, 15) is 9.90 Å². The van der Waals surface area contributed by atoms with Crippen LogP contribution in [0, 0.1) is 5.92 Å². The van der Waals surface area contributed by atoms with Crippen LogP contribution in [0.1, 0.15) is 67.3 Å². The monoisotopic (exact) mass is 699 g/mol. The van der Waals surface area contributed by atoms with Crippen molar-refractivity contribution < 1.29 is 19.4 Å². The number of ether oxygens (including phenoxy) is 2. The Morgan fingerprint density at radius 1 is 0.872 bits per heavy atom. The summed E-state index contributed by atoms with van der Waals surface area (Å²) in [6.07, 6.45) is 4.42. The van der Waals surface area contributed by atoms with Gasteiger partial charge in [0, 0.05) is 37.2 Å². The SMILES string of the molecule is C[C@@H]1[C@H](CN2CCC[C@H]2CN2CCCC2)O[C@H](c2ccc(-c3cccc(CNC(=O)C(Cl)(Cl)Cl)c3)cc2)O[C@@H]1c1ccc(CO)cc1. The Labute approximate surface area is 293 Å². The van der Waals surface area contributed by atoms with Crippen LogP contribution in [0.4, 0.5) is 0 Å². The first-order chi connectivity index (χ1) is 22.7. The highest BCUT2D eigenvalue weighted by molar-refractivity contribution is 6.76. The van der Waals surface area contributed by atoms with Gasteiger partial charge in [-0.15, -0.1) is 0 Å². The summed E-state index contributed by atoms with van der Waals surface area (Å²) in [5.41, 5.74) is 5.87. The molecule has 47 heavy (non-hydrogen) atoms. The van der Waals surface area contributed by atoms with Crippen molar-refractivity contribution in [3.05, 3.63) is 95.1 Å². The molecule has 0 aromatic heterocycles. The first-order valence-corrected chi connectivity index (χ1v) is 17.8. The molecule has 3 aromatic rings. The molecular weight excluding hydrogens is 657 g/mol. The highest BCUT2D eigenvalue weighted by atomic mass is 35.6. The number of likely N-dealkylation sites (tertiary alicyclic amines) is 2. The number of carbonyl (C=O) groups is 1. The number of nitrogens with zero attached hydrogens (tertiary/aromatic N) is 2. The fourth-order valence-electron chi connectivity index (χ4n) is 7.14. The van der Waals surface area contributed by atoms with Crippen molar-refractivity contribution in [1.29, 1.82) is 0 Å². The molecule has 3 aliphatic rings. The number of nitrogens with one attached hydrogen (secondary N) is 1. The number of aliphatic hydroxyl groups is 1. The third-order valence-corrected chi connectivity index (χ3v) is 10.4. The Balaban J connectivity index is 1.19.